The van der Waals surface area contributed by atoms with Crippen molar-refractivity contribution in [2.75, 3.05) is 62.4 Å². The first-order valence-electron chi connectivity index (χ1n) is 18.4. The fraction of sp³-hybridized carbons (Fsp3) is 0.333. The summed E-state index contributed by atoms with van der Waals surface area (Å²) in [6, 6.07) is 32.9. The van der Waals surface area contributed by atoms with Crippen molar-refractivity contribution in [3.8, 4) is 0 Å². The molecule has 268 valence electrons. The van der Waals surface area contributed by atoms with Gasteiger partial charge in [-0.15, -0.1) is 0 Å². The van der Waals surface area contributed by atoms with Crippen LogP contribution >= 0.6 is 0 Å². The summed E-state index contributed by atoms with van der Waals surface area (Å²) in [5.41, 5.74) is 8.30. The minimum absolute atomic E-state index is 0.0996. The number of nitrogens with zero attached hydrogens (tertiary/aromatic N) is 6. The Morgan fingerprint density at radius 3 is 1.58 bits per heavy atom. The first kappa shape index (κ1) is 35.1. The molecule has 10 nitrogen and oxygen atoms in total. The van der Waals surface area contributed by atoms with Crippen LogP contribution in [0.3, 0.4) is 0 Å². The fourth-order valence-electron chi connectivity index (χ4n) is 6.85. The number of benzene rings is 4. The summed E-state index contributed by atoms with van der Waals surface area (Å²) in [7, 11) is 0. The van der Waals surface area contributed by atoms with Gasteiger partial charge in [-0.2, -0.15) is 0 Å². The zero-order chi connectivity index (χ0) is 35.5. The van der Waals surface area contributed by atoms with Crippen LogP contribution in [-0.2, 0) is 22.3 Å². The second kappa shape index (κ2) is 17.3. The first-order chi connectivity index (χ1) is 25.6. The summed E-state index contributed by atoms with van der Waals surface area (Å²) in [5.74, 6) is 0.199. The van der Waals surface area contributed by atoms with E-state index in [2.05, 4.69) is 68.3 Å². The van der Waals surface area contributed by atoms with E-state index in [0.717, 1.165) is 112 Å². The maximum atomic E-state index is 12.7. The molecule has 0 N–H and O–H groups in total. The van der Waals surface area contributed by atoms with E-state index in [4.69, 9.17) is 9.47 Å². The van der Waals surface area contributed by atoms with E-state index >= 15 is 0 Å². The molecule has 0 spiro atoms. The molecule has 2 aromatic heterocycles. The van der Waals surface area contributed by atoms with E-state index in [-0.39, 0.29) is 11.8 Å². The number of fused-ring (bicyclic) bond motifs is 2. The number of hydrogen-bond acceptors (Lipinski definition) is 8. The van der Waals surface area contributed by atoms with Crippen molar-refractivity contribution in [2.45, 2.75) is 38.5 Å². The van der Waals surface area contributed by atoms with Crippen LogP contribution in [0.2, 0.25) is 0 Å². The largest absolute Gasteiger partial charge is 0.378 e. The molecule has 2 aliphatic rings. The molecule has 0 bridgehead atoms. The third-order valence-corrected chi connectivity index (χ3v) is 9.75. The van der Waals surface area contributed by atoms with Crippen molar-refractivity contribution in [3.63, 3.8) is 0 Å². The van der Waals surface area contributed by atoms with Crippen LogP contribution < -0.4 is 9.80 Å². The molecule has 0 atom stereocenters. The van der Waals surface area contributed by atoms with Gasteiger partial charge in [0, 0.05) is 50.4 Å². The number of hydrogen-bond donors (Lipinski definition) is 0. The first-order valence-corrected chi connectivity index (χ1v) is 18.4. The second-order valence-electron chi connectivity index (χ2n) is 13.2. The number of aromatic nitrogens is 4. The average Bonchev–Trinajstić information content (AvgIpc) is 3.84. The summed E-state index contributed by atoms with van der Waals surface area (Å²) in [6.07, 6.45) is 7.85. The molecule has 52 heavy (non-hydrogen) atoms. The molecule has 0 saturated carbocycles. The van der Waals surface area contributed by atoms with Gasteiger partial charge >= 0.3 is 0 Å². The topological polar surface area (TPSA) is 94.7 Å². The van der Waals surface area contributed by atoms with E-state index in [9.17, 15) is 9.59 Å². The van der Waals surface area contributed by atoms with Crippen LogP contribution in [0.4, 0.5) is 11.4 Å². The number of morpholine rings is 2. The van der Waals surface area contributed by atoms with Crippen molar-refractivity contribution in [2.24, 2.45) is 0 Å². The number of aryl methyl sites for hydroxylation is 2. The molecule has 2 aliphatic heterocycles. The van der Waals surface area contributed by atoms with Crippen LogP contribution in [0.5, 0.6) is 0 Å². The zero-order valence-electron chi connectivity index (χ0n) is 29.6. The summed E-state index contributed by atoms with van der Waals surface area (Å²) < 4.78 is 14.2. The summed E-state index contributed by atoms with van der Waals surface area (Å²) >= 11 is 0. The fourth-order valence-corrected chi connectivity index (χ4v) is 6.85. The molecule has 10 heteroatoms. The van der Waals surface area contributed by atoms with Crippen molar-refractivity contribution >= 4 is 45.3 Å². The minimum Gasteiger partial charge on any atom is -0.378 e. The Labute approximate surface area is 304 Å². The molecule has 0 amide bonds. The SMILES string of the molecule is O=C(CCCc1ccccc1)n1cnc2cc(N3CCOCC3)ccc21.O=C(CCCc1ccccc1)n1cnc2ccc(N3CCOCC3)cc21. The third kappa shape index (κ3) is 8.75. The lowest BCUT2D eigenvalue weighted by Gasteiger charge is -2.28. The van der Waals surface area contributed by atoms with Gasteiger partial charge in [-0.25, -0.2) is 9.97 Å². The Morgan fingerprint density at radius 2 is 1.02 bits per heavy atom. The van der Waals surface area contributed by atoms with Gasteiger partial charge in [0.15, 0.2) is 0 Å². The number of anilines is 2. The van der Waals surface area contributed by atoms with Crippen molar-refractivity contribution < 1.29 is 19.1 Å². The molecule has 4 aromatic carbocycles. The standard InChI is InChI=1S/2C21H23N3O2/c25-21(8-4-7-17-5-2-1-3-6-17)24-16-22-19-15-18(9-10-20(19)24)23-11-13-26-14-12-23;25-21(8-4-7-17-5-2-1-3-6-17)24-16-22-19-10-9-18(15-20(19)24)23-11-13-26-14-12-23/h2*1-3,5-6,9-10,15-16H,4,7-8,11-14H2. The lowest BCUT2D eigenvalue weighted by molar-refractivity contribution is 0.0896. The maximum absolute atomic E-state index is 12.7. The van der Waals surface area contributed by atoms with Crippen molar-refractivity contribution in [1.29, 1.82) is 0 Å². The molecule has 0 aliphatic carbocycles. The Bertz CT molecular complexity index is 2060. The minimum atomic E-state index is 0.0996. The number of rotatable bonds is 10. The lowest BCUT2D eigenvalue weighted by atomic mass is 10.1. The van der Waals surface area contributed by atoms with E-state index in [0.29, 0.717) is 12.8 Å². The molecule has 8 rings (SSSR count). The van der Waals surface area contributed by atoms with E-state index in [1.807, 2.05) is 48.5 Å². The van der Waals surface area contributed by atoms with Gasteiger partial charge in [0.1, 0.15) is 12.7 Å². The molecule has 4 heterocycles. The highest BCUT2D eigenvalue weighted by atomic mass is 16.5. The van der Waals surface area contributed by atoms with E-state index < -0.39 is 0 Å². The summed E-state index contributed by atoms with van der Waals surface area (Å²) in [6.45, 7) is 6.55. The van der Waals surface area contributed by atoms with Gasteiger partial charge in [-0.3, -0.25) is 18.7 Å². The molecule has 2 saturated heterocycles. The second-order valence-corrected chi connectivity index (χ2v) is 13.2. The lowest BCUT2D eigenvalue weighted by Crippen LogP contribution is -2.36. The number of imidazole rings is 2. The van der Waals surface area contributed by atoms with Gasteiger partial charge in [0.25, 0.3) is 0 Å². The van der Waals surface area contributed by atoms with Gasteiger partial charge in [-0.1, -0.05) is 60.7 Å². The van der Waals surface area contributed by atoms with Crippen LogP contribution in [0.1, 0.15) is 46.4 Å². The highest BCUT2D eigenvalue weighted by Gasteiger charge is 2.17. The monoisotopic (exact) mass is 698 g/mol. The highest BCUT2D eigenvalue weighted by Crippen LogP contribution is 2.24. The van der Waals surface area contributed by atoms with Crippen molar-refractivity contribution in [3.05, 3.63) is 121 Å². The van der Waals surface area contributed by atoms with Gasteiger partial charge in [-0.05, 0) is 73.2 Å². The van der Waals surface area contributed by atoms with Crippen LogP contribution in [0, 0.1) is 0 Å². The predicted molar refractivity (Wildman–Crippen MR) is 206 cm³/mol. The Morgan fingerprint density at radius 1 is 0.538 bits per heavy atom. The molecular weight excluding hydrogens is 653 g/mol. The Balaban J connectivity index is 0.000000162. The normalized spacial score (nSPS) is 14.7. The van der Waals surface area contributed by atoms with Crippen LogP contribution in [0.25, 0.3) is 22.1 Å². The van der Waals surface area contributed by atoms with Gasteiger partial charge < -0.3 is 19.3 Å². The number of carbonyl (C=O) groups is 2. The van der Waals surface area contributed by atoms with Gasteiger partial charge in [0.2, 0.25) is 11.8 Å². The zero-order valence-corrected chi connectivity index (χ0v) is 29.6. The summed E-state index contributed by atoms with van der Waals surface area (Å²) in [4.78, 5) is 38.7. The van der Waals surface area contributed by atoms with Gasteiger partial charge in [0.05, 0.1) is 48.5 Å². The highest BCUT2D eigenvalue weighted by molar-refractivity contribution is 5.92. The molecular formula is C42H46N6O4. The van der Waals surface area contributed by atoms with E-state index in [1.54, 1.807) is 21.8 Å². The third-order valence-electron chi connectivity index (χ3n) is 9.75. The van der Waals surface area contributed by atoms with Crippen molar-refractivity contribution in [1.82, 2.24) is 19.1 Å². The quantitative estimate of drug-likeness (QED) is 0.150. The van der Waals surface area contributed by atoms with Crippen LogP contribution in [0.15, 0.2) is 110 Å². The average molecular weight is 699 g/mol. The molecule has 0 unspecified atom stereocenters. The van der Waals surface area contributed by atoms with E-state index in [1.165, 1.54) is 11.1 Å². The number of ether oxygens (including phenoxy) is 2. The molecule has 6 aromatic rings. The molecule has 2 fully saturated rings. The Kier molecular flexibility index (Phi) is 11.7. The Hall–Kier alpha value is -5.32. The summed E-state index contributed by atoms with van der Waals surface area (Å²) in [5, 5.41) is 0. The number of carbonyl (C=O) groups excluding carboxylic acids is 2. The maximum Gasteiger partial charge on any atom is 0.232 e. The smallest absolute Gasteiger partial charge is 0.232 e. The predicted octanol–water partition coefficient (Wildman–Crippen LogP) is 7.07. The van der Waals surface area contributed by atoms with Crippen LogP contribution in [-0.4, -0.2) is 83.5 Å². The molecule has 0 radical (unpaired) electrons.